The summed E-state index contributed by atoms with van der Waals surface area (Å²) in [6, 6.07) is 3.93. The predicted octanol–water partition coefficient (Wildman–Crippen LogP) is 2.89. The summed E-state index contributed by atoms with van der Waals surface area (Å²) in [6.07, 6.45) is 1.45. The molecule has 7 nitrogen and oxygen atoms in total. The molecule has 9 heteroatoms. The second-order valence-corrected chi connectivity index (χ2v) is 4.72. The molecular weight excluding hydrogens is 307 g/mol. The van der Waals surface area contributed by atoms with Crippen molar-refractivity contribution in [3.05, 3.63) is 50.2 Å². The molecule has 0 atom stereocenters. The van der Waals surface area contributed by atoms with Crippen LogP contribution < -0.4 is 5.32 Å². The zero-order valence-corrected chi connectivity index (χ0v) is 11.6. The first-order valence-electron chi connectivity index (χ1n) is 5.33. The maximum Gasteiger partial charge on any atom is 0.294 e. The van der Waals surface area contributed by atoms with Gasteiger partial charge in [0.25, 0.3) is 11.6 Å². The normalized spacial score (nSPS) is 10.3. The van der Waals surface area contributed by atoms with Crippen LogP contribution in [0.25, 0.3) is 0 Å². The van der Waals surface area contributed by atoms with Gasteiger partial charge in [-0.3, -0.25) is 19.6 Å². The van der Waals surface area contributed by atoms with E-state index in [1.165, 1.54) is 23.0 Å². The van der Waals surface area contributed by atoms with E-state index in [0.29, 0.717) is 0 Å². The van der Waals surface area contributed by atoms with Gasteiger partial charge in [-0.15, -0.1) is 0 Å². The largest absolute Gasteiger partial charge is 0.315 e. The topological polar surface area (TPSA) is 90.1 Å². The van der Waals surface area contributed by atoms with Crippen LogP contribution in [0, 0.1) is 10.1 Å². The number of halogens is 2. The smallest absolute Gasteiger partial charge is 0.294 e. The van der Waals surface area contributed by atoms with Crippen LogP contribution in [-0.4, -0.2) is 20.6 Å². The fourth-order valence-electron chi connectivity index (χ4n) is 1.56. The molecule has 0 aliphatic carbocycles. The lowest BCUT2D eigenvalue weighted by molar-refractivity contribution is -0.383. The summed E-state index contributed by atoms with van der Waals surface area (Å²) in [6.45, 7) is 0. The fourth-order valence-corrected chi connectivity index (χ4v) is 1.99. The van der Waals surface area contributed by atoms with E-state index in [2.05, 4.69) is 10.4 Å². The Morgan fingerprint density at radius 3 is 2.70 bits per heavy atom. The third kappa shape index (κ3) is 2.89. The van der Waals surface area contributed by atoms with Gasteiger partial charge in [0.05, 0.1) is 9.95 Å². The minimum atomic E-state index is -0.638. The summed E-state index contributed by atoms with van der Waals surface area (Å²) in [5, 5.41) is 17.5. The van der Waals surface area contributed by atoms with Gasteiger partial charge in [-0.05, 0) is 12.1 Å². The summed E-state index contributed by atoms with van der Waals surface area (Å²) < 4.78 is 1.37. The first-order valence-corrected chi connectivity index (χ1v) is 6.08. The Bertz CT molecular complexity index is 699. The van der Waals surface area contributed by atoms with Crippen molar-refractivity contribution in [1.82, 2.24) is 9.78 Å². The predicted molar refractivity (Wildman–Crippen MR) is 74.3 cm³/mol. The second kappa shape index (κ2) is 5.48. The van der Waals surface area contributed by atoms with Crippen molar-refractivity contribution in [2.24, 2.45) is 7.05 Å². The molecule has 0 unspecified atom stereocenters. The highest BCUT2D eigenvalue weighted by Crippen LogP contribution is 2.28. The SMILES string of the molecule is Cn1cc(Cl)c(C(=O)Nc2ccc(Cl)cc2[N+](=O)[O-])n1. The third-order valence-electron chi connectivity index (χ3n) is 2.40. The molecule has 0 aliphatic rings. The molecule has 2 aromatic rings. The zero-order valence-electron chi connectivity index (χ0n) is 10.1. The van der Waals surface area contributed by atoms with Crippen molar-refractivity contribution >= 4 is 40.5 Å². The number of nitrogens with zero attached hydrogens (tertiary/aromatic N) is 3. The van der Waals surface area contributed by atoms with E-state index < -0.39 is 10.8 Å². The van der Waals surface area contributed by atoms with Crippen LogP contribution in [0.4, 0.5) is 11.4 Å². The number of carbonyl (C=O) groups excluding carboxylic acids is 1. The van der Waals surface area contributed by atoms with Crippen LogP contribution in [0.2, 0.25) is 10.0 Å². The van der Waals surface area contributed by atoms with Gasteiger partial charge in [-0.2, -0.15) is 5.10 Å². The molecule has 0 radical (unpaired) electrons. The highest BCUT2D eigenvalue weighted by molar-refractivity contribution is 6.34. The number of carbonyl (C=O) groups is 1. The van der Waals surface area contributed by atoms with Crippen LogP contribution in [0.15, 0.2) is 24.4 Å². The molecule has 0 bridgehead atoms. The standard InChI is InChI=1S/C11H8Cl2N4O3/c1-16-5-7(13)10(15-16)11(18)14-8-3-2-6(12)4-9(8)17(19)20/h2-5H,1H3,(H,14,18). The summed E-state index contributed by atoms with van der Waals surface area (Å²) >= 11 is 11.5. The van der Waals surface area contributed by atoms with E-state index >= 15 is 0 Å². The van der Waals surface area contributed by atoms with Gasteiger partial charge in [-0.25, -0.2) is 0 Å². The van der Waals surface area contributed by atoms with Crippen LogP contribution in [0.3, 0.4) is 0 Å². The molecule has 0 aliphatic heterocycles. The number of hydrogen-bond acceptors (Lipinski definition) is 4. The summed E-state index contributed by atoms with van der Waals surface area (Å²) in [5.41, 5.74) is -0.303. The Labute approximate surface area is 123 Å². The Morgan fingerprint density at radius 1 is 1.45 bits per heavy atom. The molecular formula is C11H8Cl2N4O3. The van der Waals surface area contributed by atoms with Gasteiger partial charge >= 0.3 is 0 Å². The average Bonchev–Trinajstić information content (AvgIpc) is 2.70. The number of nitrogens with one attached hydrogen (secondary N) is 1. The molecule has 0 fully saturated rings. The summed E-state index contributed by atoms with van der Waals surface area (Å²) in [4.78, 5) is 22.3. The Kier molecular flexibility index (Phi) is 3.91. The Morgan fingerprint density at radius 2 is 2.15 bits per heavy atom. The second-order valence-electron chi connectivity index (χ2n) is 3.87. The van der Waals surface area contributed by atoms with E-state index in [4.69, 9.17) is 23.2 Å². The van der Waals surface area contributed by atoms with Crippen molar-refractivity contribution in [2.75, 3.05) is 5.32 Å². The lowest BCUT2D eigenvalue weighted by Crippen LogP contribution is -2.14. The lowest BCUT2D eigenvalue weighted by atomic mass is 10.2. The highest BCUT2D eigenvalue weighted by atomic mass is 35.5. The number of hydrogen-bond donors (Lipinski definition) is 1. The van der Waals surface area contributed by atoms with E-state index in [9.17, 15) is 14.9 Å². The number of rotatable bonds is 3. The first kappa shape index (κ1) is 14.3. The molecule has 1 aromatic carbocycles. The molecule has 1 amide bonds. The van der Waals surface area contributed by atoms with Gasteiger partial charge < -0.3 is 5.32 Å². The number of aryl methyl sites for hydroxylation is 1. The van der Waals surface area contributed by atoms with Gasteiger partial charge in [0.2, 0.25) is 0 Å². The number of nitro groups is 1. The maximum atomic E-state index is 12.0. The molecule has 1 heterocycles. The number of amides is 1. The van der Waals surface area contributed by atoms with Crippen LogP contribution in [0.5, 0.6) is 0 Å². The van der Waals surface area contributed by atoms with Gasteiger partial charge in [0, 0.05) is 24.3 Å². The fraction of sp³-hybridized carbons (Fsp3) is 0.0909. The average molecular weight is 315 g/mol. The van der Waals surface area contributed by atoms with E-state index in [1.807, 2.05) is 0 Å². The van der Waals surface area contributed by atoms with Gasteiger partial charge in [0.15, 0.2) is 5.69 Å². The summed E-state index contributed by atoms with van der Waals surface area (Å²) in [7, 11) is 1.60. The Balaban J connectivity index is 2.33. The van der Waals surface area contributed by atoms with Crippen molar-refractivity contribution < 1.29 is 9.72 Å². The molecule has 20 heavy (non-hydrogen) atoms. The molecule has 2 rings (SSSR count). The monoisotopic (exact) mass is 314 g/mol. The molecule has 104 valence electrons. The number of anilines is 1. The minimum Gasteiger partial charge on any atom is -0.315 e. The minimum absolute atomic E-state index is 0.0154. The number of aromatic nitrogens is 2. The van der Waals surface area contributed by atoms with Crippen molar-refractivity contribution in [1.29, 1.82) is 0 Å². The first-order chi connectivity index (χ1) is 9.38. The molecule has 1 N–H and O–H groups in total. The molecule has 1 aromatic heterocycles. The Hall–Kier alpha value is -2.12. The van der Waals surface area contributed by atoms with Gasteiger partial charge in [0.1, 0.15) is 5.69 Å². The third-order valence-corrected chi connectivity index (χ3v) is 2.92. The van der Waals surface area contributed by atoms with Crippen molar-refractivity contribution in [3.63, 3.8) is 0 Å². The van der Waals surface area contributed by atoms with E-state index in [-0.39, 0.29) is 27.1 Å². The van der Waals surface area contributed by atoms with Gasteiger partial charge in [-0.1, -0.05) is 23.2 Å². The van der Waals surface area contributed by atoms with Crippen LogP contribution >= 0.6 is 23.2 Å². The zero-order chi connectivity index (χ0) is 14.9. The van der Waals surface area contributed by atoms with E-state index in [0.717, 1.165) is 6.07 Å². The van der Waals surface area contributed by atoms with E-state index in [1.54, 1.807) is 7.05 Å². The molecule has 0 spiro atoms. The maximum absolute atomic E-state index is 12.0. The highest BCUT2D eigenvalue weighted by Gasteiger charge is 2.20. The van der Waals surface area contributed by atoms with Crippen LogP contribution in [-0.2, 0) is 7.05 Å². The molecule has 0 saturated carbocycles. The lowest BCUT2D eigenvalue weighted by Gasteiger charge is -2.05. The van der Waals surface area contributed by atoms with Crippen molar-refractivity contribution in [2.45, 2.75) is 0 Å². The van der Waals surface area contributed by atoms with Crippen LogP contribution in [0.1, 0.15) is 10.5 Å². The van der Waals surface area contributed by atoms with Crippen molar-refractivity contribution in [3.8, 4) is 0 Å². The molecule has 0 saturated heterocycles. The number of nitro benzene ring substituents is 1. The quantitative estimate of drug-likeness (QED) is 0.696. The number of benzene rings is 1. The summed E-state index contributed by atoms with van der Waals surface area (Å²) in [5.74, 6) is -0.638.